The zero-order chi connectivity index (χ0) is 16.1. The Balaban J connectivity index is 2.23. The number of rotatable bonds is 6. The van der Waals surface area contributed by atoms with E-state index in [0.717, 1.165) is 17.9 Å². The lowest BCUT2D eigenvalue weighted by Gasteiger charge is -2.20. The molecule has 0 bridgehead atoms. The number of aryl methyl sites for hydroxylation is 2. The normalized spacial score (nSPS) is 12.4. The zero-order valence-corrected chi connectivity index (χ0v) is 13.7. The fraction of sp³-hybridized carbons (Fsp3) is 0.412. The fourth-order valence-electron chi connectivity index (χ4n) is 2.36. The molecule has 0 saturated heterocycles. The van der Waals surface area contributed by atoms with Gasteiger partial charge in [-0.25, -0.2) is 4.98 Å². The largest absolute Gasteiger partial charge is 0.342 e. The van der Waals surface area contributed by atoms with Crippen molar-refractivity contribution in [2.75, 3.05) is 20.6 Å². The van der Waals surface area contributed by atoms with Crippen LogP contribution in [0.2, 0.25) is 0 Å². The molecule has 5 nitrogen and oxygen atoms in total. The standard InChI is InChI=1S/C17H24N4O/c1-13-6-5-7-14(12-13)16(17-18-9-11-21(17)4)19-15(22)8-10-20(2)3/h5-7,9,11-12,16H,8,10H2,1-4H3,(H,19,22). The molecule has 0 saturated carbocycles. The molecule has 1 heterocycles. The van der Waals surface area contributed by atoms with Gasteiger partial charge < -0.3 is 14.8 Å². The Kier molecular flexibility index (Phi) is 5.33. The van der Waals surface area contributed by atoms with Crippen LogP contribution in [0.25, 0.3) is 0 Å². The summed E-state index contributed by atoms with van der Waals surface area (Å²) in [7, 11) is 5.87. The molecule has 1 atom stereocenters. The summed E-state index contributed by atoms with van der Waals surface area (Å²) in [5.74, 6) is 0.868. The molecule has 1 N–H and O–H groups in total. The summed E-state index contributed by atoms with van der Waals surface area (Å²) in [6, 6.07) is 7.94. The van der Waals surface area contributed by atoms with Gasteiger partial charge in [0.1, 0.15) is 11.9 Å². The van der Waals surface area contributed by atoms with E-state index < -0.39 is 0 Å². The molecule has 0 aliphatic heterocycles. The molecule has 2 rings (SSSR count). The average Bonchev–Trinajstić information content (AvgIpc) is 2.88. The molecule has 118 valence electrons. The number of benzene rings is 1. The summed E-state index contributed by atoms with van der Waals surface area (Å²) in [6.07, 6.45) is 4.12. The van der Waals surface area contributed by atoms with Crippen molar-refractivity contribution in [2.45, 2.75) is 19.4 Å². The number of hydrogen-bond acceptors (Lipinski definition) is 3. The minimum absolute atomic E-state index is 0.0307. The van der Waals surface area contributed by atoms with Crippen molar-refractivity contribution in [1.82, 2.24) is 19.8 Å². The van der Waals surface area contributed by atoms with E-state index >= 15 is 0 Å². The van der Waals surface area contributed by atoms with Gasteiger partial charge in [-0.3, -0.25) is 4.79 Å². The first kappa shape index (κ1) is 16.2. The Labute approximate surface area is 132 Å². The maximum absolute atomic E-state index is 12.2. The lowest BCUT2D eigenvalue weighted by molar-refractivity contribution is -0.121. The minimum atomic E-state index is -0.227. The van der Waals surface area contributed by atoms with Crippen molar-refractivity contribution < 1.29 is 4.79 Å². The Bertz CT molecular complexity index is 633. The zero-order valence-electron chi connectivity index (χ0n) is 13.7. The number of carbonyl (C=O) groups excluding carboxylic acids is 1. The van der Waals surface area contributed by atoms with Gasteiger partial charge in [-0.1, -0.05) is 29.8 Å². The molecular formula is C17H24N4O. The molecule has 0 spiro atoms. The number of carbonyl (C=O) groups is 1. The summed E-state index contributed by atoms with van der Waals surface area (Å²) in [5.41, 5.74) is 2.21. The number of hydrogen-bond donors (Lipinski definition) is 1. The first-order chi connectivity index (χ1) is 10.5. The van der Waals surface area contributed by atoms with E-state index in [1.807, 2.05) is 61.9 Å². The monoisotopic (exact) mass is 300 g/mol. The first-order valence-corrected chi connectivity index (χ1v) is 7.45. The second-order valence-corrected chi connectivity index (χ2v) is 5.86. The third kappa shape index (κ3) is 4.18. The van der Waals surface area contributed by atoms with Crippen molar-refractivity contribution >= 4 is 5.91 Å². The second kappa shape index (κ2) is 7.22. The van der Waals surface area contributed by atoms with Crippen LogP contribution in [0.4, 0.5) is 0 Å². The maximum atomic E-state index is 12.2. The maximum Gasteiger partial charge on any atom is 0.222 e. The van der Waals surface area contributed by atoms with Crippen LogP contribution in [0.5, 0.6) is 0 Å². The second-order valence-electron chi connectivity index (χ2n) is 5.86. The topological polar surface area (TPSA) is 50.2 Å². The molecule has 2 aromatic rings. The van der Waals surface area contributed by atoms with Gasteiger partial charge in [0.25, 0.3) is 0 Å². The van der Waals surface area contributed by atoms with E-state index in [1.165, 1.54) is 5.56 Å². The van der Waals surface area contributed by atoms with Crippen LogP contribution in [0.3, 0.4) is 0 Å². The molecule has 1 unspecified atom stereocenters. The van der Waals surface area contributed by atoms with Crippen LogP contribution in [0.15, 0.2) is 36.7 Å². The quantitative estimate of drug-likeness (QED) is 0.886. The van der Waals surface area contributed by atoms with Gasteiger partial charge in [0.2, 0.25) is 5.91 Å². The highest BCUT2D eigenvalue weighted by molar-refractivity contribution is 5.77. The van der Waals surface area contributed by atoms with Gasteiger partial charge in [-0.15, -0.1) is 0 Å². The SMILES string of the molecule is Cc1cccc(C(NC(=O)CCN(C)C)c2nccn2C)c1. The van der Waals surface area contributed by atoms with Gasteiger partial charge in [0.05, 0.1) is 0 Å². The van der Waals surface area contributed by atoms with E-state index in [9.17, 15) is 4.79 Å². The Morgan fingerprint density at radius 1 is 1.41 bits per heavy atom. The van der Waals surface area contributed by atoms with Crippen LogP contribution >= 0.6 is 0 Å². The van der Waals surface area contributed by atoms with E-state index in [2.05, 4.69) is 16.4 Å². The van der Waals surface area contributed by atoms with E-state index in [4.69, 9.17) is 0 Å². The van der Waals surface area contributed by atoms with Crippen molar-refractivity contribution in [3.05, 3.63) is 53.6 Å². The lowest BCUT2D eigenvalue weighted by Crippen LogP contribution is -2.33. The molecule has 0 aliphatic carbocycles. The number of aromatic nitrogens is 2. The van der Waals surface area contributed by atoms with Crippen LogP contribution in [-0.4, -0.2) is 41.0 Å². The number of nitrogens with zero attached hydrogens (tertiary/aromatic N) is 3. The van der Waals surface area contributed by atoms with Gasteiger partial charge in [-0.05, 0) is 26.6 Å². The molecular weight excluding hydrogens is 276 g/mol. The average molecular weight is 300 g/mol. The highest BCUT2D eigenvalue weighted by Crippen LogP contribution is 2.21. The van der Waals surface area contributed by atoms with Crippen LogP contribution in [0, 0.1) is 6.92 Å². The van der Waals surface area contributed by atoms with Crippen LogP contribution < -0.4 is 5.32 Å². The number of imidazole rings is 1. The van der Waals surface area contributed by atoms with Crippen LogP contribution in [0.1, 0.15) is 29.4 Å². The Morgan fingerprint density at radius 2 is 2.18 bits per heavy atom. The van der Waals surface area contributed by atoms with Crippen molar-refractivity contribution in [3.8, 4) is 0 Å². The molecule has 0 radical (unpaired) electrons. The predicted molar refractivity (Wildman–Crippen MR) is 87.5 cm³/mol. The van der Waals surface area contributed by atoms with E-state index in [1.54, 1.807) is 6.20 Å². The third-order valence-electron chi connectivity index (χ3n) is 3.58. The van der Waals surface area contributed by atoms with Crippen molar-refractivity contribution in [3.63, 3.8) is 0 Å². The molecule has 1 aromatic carbocycles. The summed E-state index contributed by atoms with van der Waals surface area (Å²) in [4.78, 5) is 18.7. The molecule has 0 fully saturated rings. The fourth-order valence-corrected chi connectivity index (χ4v) is 2.36. The molecule has 1 aromatic heterocycles. The van der Waals surface area contributed by atoms with Crippen molar-refractivity contribution in [2.24, 2.45) is 7.05 Å². The van der Waals surface area contributed by atoms with Gasteiger partial charge in [0.15, 0.2) is 0 Å². The van der Waals surface area contributed by atoms with Gasteiger partial charge in [-0.2, -0.15) is 0 Å². The molecule has 22 heavy (non-hydrogen) atoms. The van der Waals surface area contributed by atoms with E-state index in [0.29, 0.717) is 6.42 Å². The lowest BCUT2D eigenvalue weighted by atomic mass is 10.0. The van der Waals surface area contributed by atoms with Gasteiger partial charge in [0, 0.05) is 32.4 Å². The summed E-state index contributed by atoms with van der Waals surface area (Å²) in [5, 5.41) is 3.11. The molecule has 1 amide bonds. The Morgan fingerprint density at radius 3 is 2.77 bits per heavy atom. The number of amides is 1. The smallest absolute Gasteiger partial charge is 0.222 e. The highest BCUT2D eigenvalue weighted by Gasteiger charge is 2.20. The van der Waals surface area contributed by atoms with Gasteiger partial charge >= 0.3 is 0 Å². The molecule has 0 aliphatic rings. The first-order valence-electron chi connectivity index (χ1n) is 7.45. The van der Waals surface area contributed by atoms with Crippen molar-refractivity contribution in [1.29, 1.82) is 0 Å². The summed E-state index contributed by atoms with van der Waals surface area (Å²) < 4.78 is 1.94. The number of nitrogens with one attached hydrogen (secondary N) is 1. The molecule has 5 heteroatoms. The summed E-state index contributed by atoms with van der Waals surface area (Å²) >= 11 is 0. The van der Waals surface area contributed by atoms with E-state index in [-0.39, 0.29) is 11.9 Å². The minimum Gasteiger partial charge on any atom is -0.342 e. The highest BCUT2D eigenvalue weighted by atomic mass is 16.1. The Hall–Kier alpha value is -2.14. The van der Waals surface area contributed by atoms with Crippen LogP contribution in [-0.2, 0) is 11.8 Å². The third-order valence-corrected chi connectivity index (χ3v) is 3.58. The summed E-state index contributed by atoms with van der Waals surface area (Å²) in [6.45, 7) is 2.78. The predicted octanol–water partition coefficient (Wildman–Crippen LogP) is 1.89.